The van der Waals surface area contributed by atoms with E-state index in [1.54, 1.807) is 0 Å². The fourth-order valence-electron chi connectivity index (χ4n) is 3.69. The summed E-state index contributed by atoms with van der Waals surface area (Å²) in [5, 5.41) is 0.833. The standard InChI is InChI=1S/C25H43BClNO3Si/c1-18(26-30-23(5,6)24(7,8)31-26)21(16-17-29-32(10,11)22(2,3)4)25(9,28)19-12-14-20(27)15-13-19/h12-15,21H,1,16-17,28H2,2-11H3/t21-,25-/m0/s1. The molecular weight excluding hydrogens is 437 g/mol. The first-order valence-corrected chi connectivity index (χ1v) is 14.8. The van der Waals surface area contributed by atoms with Gasteiger partial charge in [0.05, 0.1) is 11.2 Å². The van der Waals surface area contributed by atoms with Gasteiger partial charge in [-0.15, -0.1) is 6.58 Å². The van der Waals surface area contributed by atoms with Gasteiger partial charge in [-0.3, -0.25) is 0 Å². The summed E-state index contributed by atoms with van der Waals surface area (Å²) < 4.78 is 19.2. The van der Waals surface area contributed by atoms with Crippen LogP contribution in [-0.2, 0) is 19.3 Å². The Balaban J connectivity index is 2.32. The lowest BCUT2D eigenvalue weighted by Gasteiger charge is -2.39. The van der Waals surface area contributed by atoms with Crippen LogP contribution in [0.25, 0.3) is 0 Å². The van der Waals surface area contributed by atoms with Crippen LogP contribution in [0.4, 0.5) is 0 Å². The molecule has 1 fully saturated rings. The summed E-state index contributed by atoms with van der Waals surface area (Å²) in [5.74, 6) is -0.108. The smallest absolute Gasteiger partial charge is 0.417 e. The van der Waals surface area contributed by atoms with Crippen molar-refractivity contribution >= 4 is 27.0 Å². The molecule has 32 heavy (non-hydrogen) atoms. The summed E-state index contributed by atoms with van der Waals surface area (Å²) >= 11 is 6.13. The van der Waals surface area contributed by atoms with Crippen LogP contribution in [0.1, 0.15) is 67.4 Å². The third kappa shape index (κ3) is 5.71. The Bertz CT molecular complexity index is 799. The maximum Gasteiger partial charge on any atom is 0.490 e. The maximum absolute atomic E-state index is 7.01. The van der Waals surface area contributed by atoms with Crippen molar-refractivity contribution < 1.29 is 13.7 Å². The molecule has 0 spiro atoms. The minimum atomic E-state index is -1.88. The SMILES string of the molecule is C=C(B1OC(C)(C)C(C)(C)O1)[C@H](CCO[Si](C)(C)C(C)(C)C)[C@@](C)(N)c1ccc(Cl)cc1. The monoisotopic (exact) mass is 479 g/mol. The van der Waals surface area contributed by atoms with Gasteiger partial charge < -0.3 is 19.5 Å². The number of nitrogens with two attached hydrogens (primary N) is 1. The van der Waals surface area contributed by atoms with Crippen molar-refractivity contribution in [3.63, 3.8) is 0 Å². The third-order valence-corrected chi connectivity index (χ3v) is 12.7. The second kappa shape index (κ2) is 9.20. The second-order valence-corrected chi connectivity index (χ2v) is 17.1. The van der Waals surface area contributed by atoms with Gasteiger partial charge in [-0.1, -0.05) is 44.5 Å². The van der Waals surface area contributed by atoms with Crippen LogP contribution >= 0.6 is 11.6 Å². The van der Waals surface area contributed by atoms with Gasteiger partial charge in [0.2, 0.25) is 0 Å². The second-order valence-electron chi connectivity index (χ2n) is 11.9. The van der Waals surface area contributed by atoms with Crippen molar-refractivity contribution in [1.82, 2.24) is 0 Å². The van der Waals surface area contributed by atoms with Crippen molar-refractivity contribution in [1.29, 1.82) is 0 Å². The van der Waals surface area contributed by atoms with Gasteiger partial charge in [0.1, 0.15) is 0 Å². The van der Waals surface area contributed by atoms with Crippen molar-refractivity contribution in [2.24, 2.45) is 11.7 Å². The van der Waals surface area contributed by atoms with E-state index < -0.39 is 32.2 Å². The molecule has 0 aromatic heterocycles. The van der Waals surface area contributed by atoms with Gasteiger partial charge in [0, 0.05) is 23.1 Å². The van der Waals surface area contributed by atoms with Gasteiger partial charge >= 0.3 is 7.12 Å². The number of halogens is 1. The average Bonchev–Trinajstić information content (AvgIpc) is 2.85. The lowest BCUT2D eigenvalue weighted by atomic mass is 9.63. The Kier molecular flexibility index (Phi) is 7.94. The number of rotatable bonds is 8. The van der Waals surface area contributed by atoms with Crippen LogP contribution in [0.5, 0.6) is 0 Å². The average molecular weight is 480 g/mol. The van der Waals surface area contributed by atoms with Crippen LogP contribution in [0.2, 0.25) is 23.2 Å². The van der Waals surface area contributed by atoms with E-state index in [-0.39, 0.29) is 11.0 Å². The van der Waals surface area contributed by atoms with Crippen molar-refractivity contribution in [3.8, 4) is 0 Å². The highest BCUT2D eigenvalue weighted by Gasteiger charge is 2.54. The topological polar surface area (TPSA) is 53.7 Å². The predicted octanol–water partition coefficient (Wildman–Crippen LogP) is 6.73. The lowest BCUT2D eigenvalue weighted by Crippen LogP contribution is -2.47. The normalized spacial score (nSPS) is 21.3. The molecule has 4 nitrogen and oxygen atoms in total. The molecule has 7 heteroatoms. The molecule has 1 aliphatic heterocycles. The lowest BCUT2D eigenvalue weighted by molar-refractivity contribution is 0.00578. The predicted molar refractivity (Wildman–Crippen MR) is 139 cm³/mol. The number of hydrogen-bond donors (Lipinski definition) is 1. The summed E-state index contributed by atoms with van der Waals surface area (Å²) in [7, 11) is -2.40. The molecule has 2 rings (SSSR count). The number of benzene rings is 1. The van der Waals surface area contributed by atoms with E-state index in [1.807, 2.05) is 31.2 Å². The van der Waals surface area contributed by atoms with Gasteiger partial charge in [0.15, 0.2) is 8.32 Å². The van der Waals surface area contributed by atoms with E-state index in [4.69, 9.17) is 31.1 Å². The molecule has 2 N–H and O–H groups in total. The Labute approximate surface area is 202 Å². The third-order valence-electron chi connectivity index (χ3n) is 7.87. The molecule has 0 amide bonds. The zero-order valence-corrected chi connectivity index (χ0v) is 23.5. The summed E-state index contributed by atoms with van der Waals surface area (Å²) in [6, 6.07) is 7.73. The minimum absolute atomic E-state index is 0.108. The van der Waals surface area contributed by atoms with Crippen molar-refractivity contribution in [2.45, 2.75) is 96.7 Å². The molecule has 180 valence electrons. The van der Waals surface area contributed by atoms with Gasteiger partial charge in [-0.25, -0.2) is 0 Å². The van der Waals surface area contributed by atoms with Crippen LogP contribution < -0.4 is 5.73 Å². The highest BCUT2D eigenvalue weighted by Crippen LogP contribution is 2.43. The quantitative estimate of drug-likeness (QED) is 0.420. The summed E-state index contributed by atoms with van der Waals surface area (Å²) in [6.45, 7) is 26.6. The Morgan fingerprint density at radius 1 is 1.09 bits per heavy atom. The van der Waals surface area contributed by atoms with Crippen LogP contribution in [-0.4, -0.2) is 33.2 Å². The Hall–Kier alpha value is -0.628. The highest BCUT2D eigenvalue weighted by atomic mass is 35.5. The molecule has 1 saturated heterocycles. The van der Waals surface area contributed by atoms with E-state index >= 15 is 0 Å². The van der Waals surface area contributed by atoms with Gasteiger partial charge in [-0.05, 0) is 82.3 Å². The van der Waals surface area contributed by atoms with Crippen LogP contribution in [0.3, 0.4) is 0 Å². The molecule has 1 aromatic carbocycles. The fourth-order valence-corrected chi connectivity index (χ4v) is 4.87. The molecule has 0 unspecified atom stereocenters. The first-order chi connectivity index (χ1) is 14.3. The molecule has 0 saturated carbocycles. The van der Waals surface area contributed by atoms with Crippen molar-refractivity contribution in [2.75, 3.05) is 6.61 Å². The number of hydrogen-bond acceptors (Lipinski definition) is 4. The molecule has 0 aliphatic carbocycles. The van der Waals surface area contributed by atoms with E-state index in [0.717, 1.165) is 17.5 Å². The zero-order chi connectivity index (χ0) is 24.8. The van der Waals surface area contributed by atoms with Crippen LogP contribution in [0, 0.1) is 5.92 Å². The van der Waals surface area contributed by atoms with Gasteiger partial charge in [-0.2, -0.15) is 0 Å². The Morgan fingerprint density at radius 3 is 2.00 bits per heavy atom. The molecule has 2 atom stereocenters. The molecule has 1 heterocycles. The molecule has 0 bridgehead atoms. The summed E-state index contributed by atoms with van der Waals surface area (Å²) in [5.41, 5.74) is 7.29. The van der Waals surface area contributed by atoms with Gasteiger partial charge in [0.25, 0.3) is 0 Å². The Morgan fingerprint density at radius 2 is 1.56 bits per heavy atom. The van der Waals surface area contributed by atoms with E-state index in [0.29, 0.717) is 11.6 Å². The minimum Gasteiger partial charge on any atom is -0.417 e. The van der Waals surface area contributed by atoms with Crippen LogP contribution in [0.15, 0.2) is 36.3 Å². The van der Waals surface area contributed by atoms with E-state index in [9.17, 15) is 0 Å². The summed E-state index contributed by atoms with van der Waals surface area (Å²) in [4.78, 5) is 0. The molecule has 1 aromatic rings. The summed E-state index contributed by atoms with van der Waals surface area (Å²) in [6.07, 6.45) is 0.727. The molecule has 1 aliphatic rings. The van der Waals surface area contributed by atoms with Crippen molar-refractivity contribution in [3.05, 3.63) is 46.9 Å². The first-order valence-electron chi connectivity index (χ1n) is 11.5. The fraction of sp³-hybridized carbons (Fsp3) is 0.680. The van der Waals surface area contributed by atoms with E-state index in [1.165, 1.54) is 0 Å². The van der Waals surface area contributed by atoms with E-state index in [2.05, 4.69) is 68.1 Å². The molecule has 0 radical (unpaired) electrons. The zero-order valence-electron chi connectivity index (χ0n) is 21.8. The maximum atomic E-state index is 7.01. The first kappa shape index (κ1) is 27.6. The molecular formula is C25H43BClNO3Si. The highest BCUT2D eigenvalue weighted by molar-refractivity contribution is 6.74. The largest absolute Gasteiger partial charge is 0.490 e.